The second kappa shape index (κ2) is 14.1. The van der Waals surface area contributed by atoms with Crippen molar-refractivity contribution in [3.05, 3.63) is 177 Å². The highest BCUT2D eigenvalue weighted by atomic mass is 16.3. The predicted octanol–water partition coefficient (Wildman–Crippen LogP) is 14.2. The number of ketones is 2. The molecular formula is C54H56O3. The van der Waals surface area contributed by atoms with Gasteiger partial charge in [0.2, 0.25) is 0 Å². The Kier molecular flexibility index (Phi) is 9.84. The summed E-state index contributed by atoms with van der Waals surface area (Å²) in [4.78, 5) is 28.3. The van der Waals surface area contributed by atoms with E-state index in [-0.39, 0.29) is 33.2 Å². The van der Waals surface area contributed by atoms with Gasteiger partial charge in [-0.1, -0.05) is 156 Å². The van der Waals surface area contributed by atoms with E-state index in [1.54, 1.807) is 0 Å². The molecule has 0 N–H and O–H groups in total. The quantitative estimate of drug-likeness (QED) is 0.184. The van der Waals surface area contributed by atoms with Gasteiger partial charge in [0.15, 0.2) is 11.6 Å². The highest BCUT2D eigenvalue weighted by Crippen LogP contribution is 2.45. The maximum Gasteiger partial charge on any atom is 0.186 e. The second-order valence-electron chi connectivity index (χ2n) is 19.8. The van der Waals surface area contributed by atoms with Crippen molar-refractivity contribution in [1.82, 2.24) is 0 Å². The normalized spacial score (nSPS) is 15.8. The Morgan fingerprint density at radius 1 is 0.386 bits per heavy atom. The number of fused-ring (bicyclic) bond motifs is 2. The third-order valence-corrected chi connectivity index (χ3v) is 11.2. The van der Waals surface area contributed by atoms with E-state index in [1.165, 1.54) is 0 Å². The first-order chi connectivity index (χ1) is 26.6. The van der Waals surface area contributed by atoms with E-state index in [0.29, 0.717) is 11.5 Å². The highest BCUT2D eigenvalue weighted by Gasteiger charge is 2.37. The SMILES string of the molecule is CC(C)(C)C1=CC(=C(c2ccc3ccccc3c2)c2ccc(C(=C3C=C(C(C)(C)C)C(=O)C(C(C)(C)C)=C3)c3ccc4ccccc4c3)o2)C=C(C(C)(C)C)C1=O. The first kappa shape index (κ1) is 39.7. The van der Waals surface area contributed by atoms with Crippen LogP contribution in [0.2, 0.25) is 0 Å². The summed E-state index contributed by atoms with van der Waals surface area (Å²) >= 11 is 0. The van der Waals surface area contributed by atoms with Gasteiger partial charge in [0, 0.05) is 33.4 Å². The lowest BCUT2D eigenvalue weighted by Crippen LogP contribution is -2.28. The molecule has 0 radical (unpaired) electrons. The van der Waals surface area contributed by atoms with Crippen LogP contribution >= 0.6 is 0 Å². The van der Waals surface area contributed by atoms with Crippen LogP contribution in [0.25, 0.3) is 32.7 Å². The first-order valence-electron chi connectivity index (χ1n) is 20.2. The van der Waals surface area contributed by atoms with Gasteiger partial charge < -0.3 is 4.42 Å². The van der Waals surface area contributed by atoms with E-state index in [1.807, 2.05) is 0 Å². The van der Waals surface area contributed by atoms with E-state index >= 15 is 0 Å². The molecule has 0 bridgehead atoms. The lowest BCUT2D eigenvalue weighted by atomic mass is 9.71. The fourth-order valence-electron chi connectivity index (χ4n) is 7.97. The number of rotatable bonds is 4. The molecule has 1 heterocycles. The molecule has 0 atom stereocenters. The zero-order valence-electron chi connectivity index (χ0n) is 35.8. The van der Waals surface area contributed by atoms with E-state index in [2.05, 4.69) is 204 Å². The molecule has 57 heavy (non-hydrogen) atoms. The fourth-order valence-corrected chi connectivity index (χ4v) is 7.97. The minimum atomic E-state index is -0.379. The Morgan fingerprint density at radius 2 is 0.684 bits per heavy atom. The molecular weight excluding hydrogens is 697 g/mol. The van der Waals surface area contributed by atoms with Crippen molar-refractivity contribution < 1.29 is 14.0 Å². The Morgan fingerprint density at radius 3 is 0.982 bits per heavy atom. The minimum absolute atomic E-state index is 0.0924. The molecule has 0 saturated heterocycles. The van der Waals surface area contributed by atoms with Gasteiger partial charge in [-0.15, -0.1) is 0 Å². The van der Waals surface area contributed by atoms with Crippen LogP contribution in [0.5, 0.6) is 0 Å². The van der Waals surface area contributed by atoms with Crippen LogP contribution in [0.3, 0.4) is 0 Å². The van der Waals surface area contributed by atoms with Gasteiger partial charge in [0.05, 0.1) is 0 Å². The second-order valence-corrected chi connectivity index (χ2v) is 19.8. The number of hydrogen-bond acceptors (Lipinski definition) is 3. The molecule has 290 valence electrons. The molecule has 0 aliphatic heterocycles. The largest absolute Gasteiger partial charge is 0.456 e. The summed E-state index contributed by atoms with van der Waals surface area (Å²) in [6.07, 6.45) is 8.32. The van der Waals surface area contributed by atoms with Gasteiger partial charge >= 0.3 is 0 Å². The van der Waals surface area contributed by atoms with Crippen LogP contribution in [-0.2, 0) is 9.59 Å². The lowest BCUT2D eigenvalue weighted by molar-refractivity contribution is -0.114. The Labute approximate surface area is 339 Å². The van der Waals surface area contributed by atoms with Crippen LogP contribution in [0, 0.1) is 21.7 Å². The highest BCUT2D eigenvalue weighted by molar-refractivity contribution is 6.14. The summed E-state index contributed by atoms with van der Waals surface area (Å²) in [6.45, 7) is 25.3. The molecule has 0 unspecified atom stereocenters. The molecule has 0 saturated carbocycles. The van der Waals surface area contributed by atoms with Gasteiger partial charge in [0.25, 0.3) is 0 Å². The van der Waals surface area contributed by atoms with Crippen LogP contribution in [-0.4, -0.2) is 11.6 Å². The number of carbonyl (C=O) groups is 2. The molecule has 2 aliphatic rings. The first-order valence-corrected chi connectivity index (χ1v) is 20.2. The number of benzene rings is 4. The van der Waals surface area contributed by atoms with Crippen molar-refractivity contribution in [3.63, 3.8) is 0 Å². The fraction of sp³-hybridized carbons (Fsp3) is 0.296. The van der Waals surface area contributed by atoms with Crippen LogP contribution in [0.4, 0.5) is 0 Å². The maximum atomic E-state index is 14.1. The Hall–Kier alpha value is -5.54. The average Bonchev–Trinajstić information content (AvgIpc) is 3.59. The molecule has 0 fully saturated rings. The van der Waals surface area contributed by atoms with Gasteiger partial charge in [-0.3, -0.25) is 9.59 Å². The van der Waals surface area contributed by atoms with Crippen molar-refractivity contribution in [2.45, 2.75) is 83.1 Å². The molecule has 2 aliphatic carbocycles. The summed E-state index contributed by atoms with van der Waals surface area (Å²) in [6, 6.07) is 34.0. The summed E-state index contributed by atoms with van der Waals surface area (Å²) in [7, 11) is 0. The van der Waals surface area contributed by atoms with Crippen LogP contribution < -0.4 is 0 Å². The molecule has 5 aromatic rings. The summed E-state index contributed by atoms with van der Waals surface area (Å²) in [5.74, 6) is 1.58. The zero-order chi connectivity index (χ0) is 41.2. The molecule has 0 amide bonds. The monoisotopic (exact) mass is 752 g/mol. The number of hydrogen-bond donors (Lipinski definition) is 0. The Balaban J connectivity index is 1.56. The lowest BCUT2D eigenvalue weighted by Gasteiger charge is -2.32. The van der Waals surface area contributed by atoms with Crippen LogP contribution in [0.1, 0.15) is 106 Å². The van der Waals surface area contributed by atoms with Gasteiger partial charge in [0.1, 0.15) is 11.5 Å². The number of carbonyl (C=O) groups excluding carboxylic acids is 2. The zero-order valence-corrected chi connectivity index (χ0v) is 35.8. The minimum Gasteiger partial charge on any atom is -0.456 e. The number of furan rings is 1. The molecule has 3 heteroatoms. The molecule has 1 aromatic heterocycles. The van der Waals surface area contributed by atoms with Crippen molar-refractivity contribution in [1.29, 1.82) is 0 Å². The van der Waals surface area contributed by atoms with Gasteiger partial charge in [-0.25, -0.2) is 0 Å². The molecule has 3 nitrogen and oxygen atoms in total. The van der Waals surface area contributed by atoms with E-state index in [4.69, 9.17) is 4.42 Å². The van der Waals surface area contributed by atoms with Gasteiger partial charge in [-0.2, -0.15) is 0 Å². The summed E-state index contributed by atoms with van der Waals surface area (Å²) in [5.41, 5.74) is 7.31. The smallest absolute Gasteiger partial charge is 0.186 e. The summed E-state index contributed by atoms with van der Waals surface area (Å²) in [5, 5.41) is 4.55. The maximum absolute atomic E-state index is 14.1. The van der Waals surface area contributed by atoms with E-state index < -0.39 is 0 Å². The molecule has 4 aromatic carbocycles. The van der Waals surface area contributed by atoms with Crippen molar-refractivity contribution >= 4 is 44.3 Å². The van der Waals surface area contributed by atoms with E-state index in [9.17, 15) is 9.59 Å². The predicted molar refractivity (Wildman–Crippen MR) is 239 cm³/mol. The van der Waals surface area contributed by atoms with Crippen molar-refractivity contribution in [2.75, 3.05) is 0 Å². The third kappa shape index (κ3) is 7.77. The third-order valence-electron chi connectivity index (χ3n) is 11.2. The molecule has 0 spiro atoms. The van der Waals surface area contributed by atoms with Crippen molar-refractivity contribution in [2.24, 2.45) is 21.7 Å². The number of Topliss-reactive ketones (excluding diaryl/α,β-unsaturated/α-hetero) is 2. The summed E-state index contributed by atoms with van der Waals surface area (Å²) < 4.78 is 7.18. The Bertz CT molecular complexity index is 2410. The average molecular weight is 753 g/mol. The van der Waals surface area contributed by atoms with Gasteiger partial charge in [-0.05, 0) is 114 Å². The number of allylic oxidation sites excluding steroid dienone is 10. The molecule has 7 rings (SSSR count). The topological polar surface area (TPSA) is 47.3 Å². The van der Waals surface area contributed by atoms with Crippen molar-refractivity contribution in [3.8, 4) is 0 Å². The van der Waals surface area contributed by atoms with E-state index in [0.717, 1.165) is 77.3 Å². The van der Waals surface area contributed by atoms with Crippen LogP contribution in [0.15, 0.2) is 159 Å². The standard InChI is InChI=1S/C54H56O3/c1-51(2,3)41-29-39(30-42(49(41)55)52(4,5)6)47(37-23-21-33-17-13-15-19-35(33)27-37)45-25-26-46(57-45)48(38-24-22-34-18-14-16-20-36(34)28-38)40-31-43(53(7,8)9)50(56)44(32-40)54(10,11)12/h13-32H,1-12H3.